The minimum absolute atomic E-state index is 0.139. The molecular formula is C5H7ClN4O. The Hall–Kier alpha value is -1.10. The zero-order valence-corrected chi connectivity index (χ0v) is 6.67. The molecule has 0 aliphatic heterocycles. The Balaban J connectivity index is 2.81. The third-order valence-corrected chi connectivity index (χ3v) is 1.09. The van der Waals surface area contributed by atoms with Crippen LogP contribution in [0.15, 0.2) is 9.52 Å². The van der Waals surface area contributed by atoms with E-state index in [2.05, 4.69) is 19.7 Å². The van der Waals surface area contributed by atoms with Crippen LogP contribution in [0.2, 0.25) is 0 Å². The number of halogens is 1. The van der Waals surface area contributed by atoms with E-state index in [0.717, 1.165) is 0 Å². The Kier molecular flexibility index (Phi) is 2.43. The van der Waals surface area contributed by atoms with Crippen molar-refractivity contribution in [2.24, 2.45) is 10.7 Å². The molecule has 5 nitrogen and oxygen atoms in total. The van der Waals surface area contributed by atoms with Crippen molar-refractivity contribution in [1.29, 1.82) is 0 Å². The molecule has 60 valence electrons. The van der Waals surface area contributed by atoms with Gasteiger partial charge in [-0.15, -0.1) is 11.6 Å². The lowest BCUT2D eigenvalue weighted by Crippen LogP contribution is -2.03. The second kappa shape index (κ2) is 3.34. The molecule has 0 saturated carbocycles. The van der Waals surface area contributed by atoms with Crippen molar-refractivity contribution in [2.75, 3.05) is 0 Å². The fourth-order valence-electron chi connectivity index (χ4n) is 0.495. The van der Waals surface area contributed by atoms with Gasteiger partial charge in [0.15, 0.2) is 5.82 Å². The molecule has 1 aromatic rings. The van der Waals surface area contributed by atoms with Crippen molar-refractivity contribution in [3.05, 3.63) is 5.82 Å². The van der Waals surface area contributed by atoms with E-state index in [9.17, 15) is 0 Å². The smallest absolute Gasteiger partial charge is 0.349 e. The Bertz CT molecular complexity index is 265. The lowest BCUT2D eigenvalue weighted by Gasteiger charge is -1.82. The molecule has 0 fully saturated rings. The summed E-state index contributed by atoms with van der Waals surface area (Å²) in [5.74, 6) is 0.990. The normalized spacial score (nSPS) is 12.0. The van der Waals surface area contributed by atoms with Crippen LogP contribution in [0, 0.1) is 0 Å². The number of aliphatic imine (C=N–C) groups is 1. The van der Waals surface area contributed by atoms with Crippen LogP contribution in [0.1, 0.15) is 12.7 Å². The number of alkyl halides is 1. The Morgan fingerprint density at radius 2 is 2.55 bits per heavy atom. The number of rotatable bonds is 2. The van der Waals surface area contributed by atoms with Gasteiger partial charge in [0.25, 0.3) is 0 Å². The molecule has 0 aliphatic carbocycles. The SMILES string of the molecule is C/C(N)=N/c1nc(CCl)no1. The molecule has 0 atom stereocenters. The first-order valence-electron chi connectivity index (χ1n) is 2.91. The van der Waals surface area contributed by atoms with Gasteiger partial charge < -0.3 is 10.3 Å². The number of amidine groups is 1. The number of nitrogens with two attached hydrogens (primary N) is 1. The zero-order chi connectivity index (χ0) is 8.27. The zero-order valence-electron chi connectivity index (χ0n) is 5.91. The third-order valence-electron chi connectivity index (χ3n) is 0.849. The number of aromatic nitrogens is 2. The van der Waals surface area contributed by atoms with E-state index < -0.39 is 0 Å². The van der Waals surface area contributed by atoms with Crippen molar-refractivity contribution in [3.8, 4) is 0 Å². The number of hydrogen-bond acceptors (Lipinski definition) is 4. The van der Waals surface area contributed by atoms with Gasteiger partial charge in [-0.1, -0.05) is 5.16 Å². The Morgan fingerprint density at radius 3 is 3.00 bits per heavy atom. The maximum atomic E-state index is 5.41. The first kappa shape index (κ1) is 8.00. The fourth-order valence-corrected chi connectivity index (χ4v) is 0.604. The third kappa shape index (κ3) is 2.19. The van der Waals surface area contributed by atoms with E-state index in [-0.39, 0.29) is 11.9 Å². The van der Waals surface area contributed by atoms with E-state index in [0.29, 0.717) is 11.7 Å². The molecule has 1 heterocycles. The molecule has 0 aliphatic rings. The van der Waals surface area contributed by atoms with Crippen LogP contribution in [0.3, 0.4) is 0 Å². The summed E-state index contributed by atoms with van der Waals surface area (Å²) in [5, 5.41) is 3.51. The van der Waals surface area contributed by atoms with E-state index in [1.807, 2.05) is 0 Å². The maximum absolute atomic E-state index is 5.41. The Labute approximate surface area is 68.2 Å². The van der Waals surface area contributed by atoms with E-state index >= 15 is 0 Å². The highest BCUT2D eigenvalue weighted by Gasteiger charge is 2.01. The molecule has 0 unspecified atom stereocenters. The molecule has 2 N–H and O–H groups in total. The van der Waals surface area contributed by atoms with Crippen LogP contribution in [0.25, 0.3) is 0 Å². The summed E-state index contributed by atoms with van der Waals surface area (Å²) >= 11 is 5.41. The molecule has 1 aromatic heterocycles. The predicted octanol–water partition coefficient (Wildman–Crippen LogP) is 0.817. The highest BCUT2D eigenvalue weighted by Crippen LogP contribution is 2.08. The molecule has 0 saturated heterocycles. The predicted molar refractivity (Wildman–Crippen MR) is 40.8 cm³/mol. The first-order valence-corrected chi connectivity index (χ1v) is 3.45. The van der Waals surface area contributed by atoms with Gasteiger partial charge in [-0.25, -0.2) is 0 Å². The largest absolute Gasteiger partial charge is 0.387 e. The van der Waals surface area contributed by atoms with Crippen LogP contribution < -0.4 is 5.73 Å². The van der Waals surface area contributed by atoms with Crippen molar-refractivity contribution in [1.82, 2.24) is 10.1 Å². The van der Waals surface area contributed by atoms with Gasteiger partial charge in [-0.05, 0) is 6.92 Å². The van der Waals surface area contributed by atoms with Crippen molar-refractivity contribution >= 4 is 23.5 Å². The summed E-state index contributed by atoms with van der Waals surface area (Å²) in [6.07, 6.45) is 0. The number of hydrogen-bond donors (Lipinski definition) is 1. The van der Waals surface area contributed by atoms with Crippen LogP contribution in [-0.4, -0.2) is 16.0 Å². The van der Waals surface area contributed by atoms with Crippen LogP contribution in [-0.2, 0) is 5.88 Å². The van der Waals surface area contributed by atoms with Crippen molar-refractivity contribution < 1.29 is 4.52 Å². The van der Waals surface area contributed by atoms with Crippen LogP contribution in [0.5, 0.6) is 0 Å². The van der Waals surface area contributed by atoms with Gasteiger partial charge in [0.1, 0.15) is 5.84 Å². The van der Waals surface area contributed by atoms with E-state index in [1.165, 1.54) is 0 Å². The number of nitrogens with zero attached hydrogens (tertiary/aromatic N) is 3. The average Bonchev–Trinajstić information content (AvgIpc) is 2.34. The van der Waals surface area contributed by atoms with Crippen molar-refractivity contribution in [2.45, 2.75) is 12.8 Å². The summed E-state index contributed by atoms with van der Waals surface area (Å²) in [6.45, 7) is 1.63. The lowest BCUT2D eigenvalue weighted by molar-refractivity contribution is 0.423. The Morgan fingerprint density at radius 1 is 1.82 bits per heavy atom. The van der Waals surface area contributed by atoms with Crippen molar-refractivity contribution in [3.63, 3.8) is 0 Å². The summed E-state index contributed by atoms with van der Waals surface area (Å²) in [6, 6.07) is 0.139. The van der Waals surface area contributed by atoms with E-state index in [1.54, 1.807) is 6.92 Å². The van der Waals surface area contributed by atoms with E-state index in [4.69, 9.17) is 17.3 Å². The minimum atomic E-state index is 0.139. The highest BCUT2D eigenvalue weighted by atomic mass is 35.5. The lowest BCUT2D eigenvalue weighted by atomic mass is 10.7. The minimum Gasteiger partial charge on any atom is -0.387 e. The van der Waals surface area contributed by atoms with Gasteiger partial charge >= 0.3 is 6.01 Å². The van der Waals surface area contributed by atoms with Gasteiger partial charge in [0.05, 0.1) is 5.88 Å². The summed E-state index contributed by atoms with van der Waals surface area (Å²) in [4.78, 5) is 7.52. The standard InChI is InChI=1S/C5H7ClN4O/c1-3(7)8-5-9-4(2-6)10-11-5/h2H2,1H3,(H2,7,8,9,10). The molecule has 0 spiro atoms. The molecule has 0 bridgehead atoms. The van der Waals surface area contributed by atoms with Gasteiger partial charge in [-0.3, -0.25) is 0 Å². The quantitative estimate of drug-likeness (QED) is 0.409. The average molecular weight is 175 g/mol. The van der Waals surface area contributed by atoms with Gasteiger partial charge in [0, 0.05) is 0 Å². The van der Waals surface area contributed by atoms with Crippen LogP contribution >= 0.6 is 11.6 Å². The van der Waals surface area contributed by atoms with Gasteiger partial charge in [-0.2, -0.15) is 9.98 Å². The molecule has 6 heteroatoms. The monoisotopic (exact) mass is 174 g/mol. The van der Waals surface area contributed by atoms with Gasteiger partial charge in [0.2, 0.25) is 0 Å². The molecule has 0 radical (unpaired) electrons. The highest BCUT2D eigenvalue weighted by molar-refractivity contribution is 6.16. The second-order valence-corrected chi connectivity index (χ2v) is 2.15. The summed E-state index contributed by atoms with van der Waals surface area (Å²) < 4.78 is 4.65. The first-order chi connectivity index (χ1) is 5.22. The summed E-state index contributed by atoms with van der Waals surface area (Å²) in [7, 11) is 0. The molecule has 1 rings (SSSR count). The second-order valence-electron chi connectivity index (χ2n) is 1.88. The molecule has 0 aromatic carbocycles. The summed E-state index contributed by atoms with van der Waals surface area (Å²) in [5.41, 5.74) is 5.26. The maximum Gasteiger partial charge on any atom is 0.349 e. The molecule has 11 heavy (non-hydrogen) atoms. The topological polar surface area (TPSA) is 77.3 Å². The fraction of sp³-hybridized carbons (Fsp3) is 0.400. The molecule has 0 amide bonds. The van der Waals surface area contributed by atoms with Crippen LogP contribution in [0.4, 0.5) is 6.01 Å². The molecular weight excluding hydrogens is 168 g/mol.